The fraction of sp³-hybridized carbons (Fsp3) is 0.533. The maximum atomic E-state index is 9.03. The second kappa shape index (κ2) is 5.70. The molecular weight excluding hydrogens is 264 g/mol. The standard InChI is InChI=1S/C15H20N6/c1-10-13(7-16)6-14(17-10)9-21-5-3-4-12(8-21)15-18-11(2)19-20-15/h6,12,17H,3-5,8-9H2,1-2H3,(H,18,19,20)/t12-/m0/s1. The van der Waals surface area contributed by atoms with Gasteiger partial charge >= 0.3 is 0 Å². The molecule has 0 aliphatic carbocycles. The molecule has 0 bridgehead atoms. The first-order valence-corrected chi connectivity index (χ1v) is 7.35. The van der Waals surface area contributed by atoms with Crippen LogP contribution in [0.1, 0.15) is 47.4 Å². The highest BCUT2D eigenvalue weighted by Crippen LogP contribution is 2.25. The predicted octanol–water partition coefficient (Wildman–Crippen LogP) is 2.00. The maximum Gasteiger partial charge on any atom is 0.155 e. The van der Waals surface area contributed by atoms with Gasteiger partial charge in [0.05, 0.1) is 5.56 Å². The van der Waals surface area contributed by atoms with Crippen molar-refractivity contribution >= 4 is 0 Å². The molecule has 0 aromatic carbocycles. The van der Waals surface area contributed by atoms with Crippen molar-refractivity contribution in [3.63, 3.8) is 0 Å². The van der Waals surface area contributed by atoms with E-state index < -0.39 is 0 Å². The molecule has 3 rings (SSSR count). The van der Waals surface area contributed by atoms with Crippen LogP contribution in [-0.4, -0.2) is 38.2 Å². The van der Waals surface area contributed by atoms with Gasteiger partial charge in [0, 0.05) is 30.4 Å². The van der Waals surface area contributed by atoms with Crippen molar-refractivity contribution in [1.82, 2.24) is 25.1 Å². The largest absolute Gasteiger partial charge is 0.360 e. The number of aryl methyl sites for hydroxylation is 2. The molecule has 0 unspecified atom stereocenters. The van der Waals surface area contributed by atoms with Crippen molar-refractivity contribution in [2.45, 2.75) is 39.2 Å². The summed E-state index contributed by atoms with van der Waals surface area (Å²) in [6.07, 6.45) is 2.30. The van der Waals surface area contributed by atoms with Crippen LogP contribution < -0.4 is 0 Å². The SMILES string of the molecule is Cc1nc([C@H]2CCCN(Cc3cc(C#N)c(C)[nH]3)C2)n[nH]1. The van der Waals surface area contributed by atoms with E-state index >= 15 is 0 Å². The zero-order valence-electron chi connectivity index (χ0n) is 12.5. The minimum absolute atomic E-state index is 0.398. The molecule has 6 nitrogen and oxygen atoms in total. The van der Waals surface area contributed by atoms with Crippen LogP contribution in [0.3, 0.4) is 0 Å². The van der Waals surface area contributed by atoms with Crippen LogP contribution in [-0.2, 0) is 6.54 Å². The fourth-order valence-corrected chi connectivity index (χ4v) is 3.02. The summed E-state index contributed by atoms with van der Waals surface area (Å²) in [7, 11) is 0. The van der Waals surface area contributed by atoms with Crippen molar-refractivity contribution in [3.8, 4) is 6.07 Å². The molecule has 1 saturated heterocycles. The number of aromatic nitrogens is 4. The number of aromatic amines is 2. The number of hydrogen-bond donors (Lipinski definition) is 2. The zero-order chi connectivity index (χ0) is 14.8. The highest BCUT2D eigenvalue weighted by Gasteiger charge is 2.24. The van der Waals surface area contributed by atoms with E-state index in [9.17, 15) is 0 Å². The lowest BCUT2D eigenvalue weighted by Gasteiger charge is -2.31. The van der Waals surface area contributed by atoms with E-state index in [1.165, 1.54) is 0 Å². The second-order valence-corrected chi connectivity index (χ2v) is 5.80. The number of likely N-dealkylation sites (tertiary alicyclic amines) is 1. The first kappa shape index (κ1) is 13.8. The number of H-pyrrole nitrogens is 2. The first-order valence-electron chi connectivity index (χ1n) is 7.35. The quantitative estimate of drug-likeness (QED) is 0.903. The van der Waals surface area contributed by atoms with Gasteiger partial charge in [0.1, 0.15) is 11.9 Å². The van der Waals surface area contributed by atoms with Gasteiger partial charge < -0.3 is 4.98 Å². The molecule has 0 amide bonds. The highest BCUT2D eigenvalue weighted by atomic mass is 15.2. The minimum atomic E-state index is 0.398. The van der Waals surface area contributed by atoms with Gasteiger partial charge in [-0.1, -0.05) is 0 Å². The number of piperidine rings is 1. The number of hydrogen-bond acceptors (Lipinski definition) is 4. The third kappa shape index (κ3) is 2.98. The minimum Gasteiger partial charge on any atom is -0.360 e. The lowest BCUT2D eigenvalue weighted by Crippen LogP contribution is -2.34. The molecule has 2 aromatic heterocycles. The lowest BCUT2D eigenvalue weighted by atomic mass is 9.97. The molecule has 3 heterocycles. The van der Waals surface area contributed by atoms with Crippen LogP contribution >= 0.6 is 0 Å². The van der Waals surface area contributed by atoms with Gasteiger partial charge in [-0.2, -0.15) is 10.4 Å². The topological polar surface area (TPSA) is 84.4 Å². The zero-order valence-corrected chi connectivity index (χ0v) is 12.5. The molecule has 1 fully saturated rings. The van der Waals surface area contributed by atoms with Crippen LogP contribution in [0, 0.1) is 25.2 Å². The van der Waals surface area contributed by atoms with Gasteiger partial charge in [-0.3, -0.25) is 10.00 Å². The van der Waals surface area contributed by atoms with E-state index in [0.717, 1.165) is 61.1 Å². The van der Waals surface area contributed by atoms with Crippen molar-refractivity contribution < 1.29 is 0 Å². The Balaban J connectivity index is 1.67. The number of nitrogens with one attached hydrogen (secondary N) is 2. The van der Waals surface area contributed by atoms with Crippen LogP contribution in [0.4, 0.5) is 0 Å². The molecule has 110 valence electrons. The monoisotopic (exact) mass is 284 g/mol. The van der Waals surface area contributed by atoms with E-state index in [0.29, 0.717) is 5.92 Å². The van der Waals surface area contributed by atoms with E-state index in [-0.39, 0.29) is 0 Å². The molecule has 6 heteroatoms. The number of nitriles is 1. The van der Waals surface area contributed by atoms with Gasteiger partial charge in [-0.05, 0) is 39.3 Å². The summed E-state index contributed by atoms with van der Waals surface area (Å²) in [6, 6.07) is 4.17. The molecule has 2 aromatic rings. The lowest BCUT2D eigenvalue weighted by molar-refractivity contribution is 0.195. The molecule has 1 aliphatic rings. The number of nitrogens with zero attached hydrogens (tertiary/aromatic N) is 4. The summed E-state index contributed by atoms with van der Waals surface area (Å²) in [4.78, 5) is 10.2. The Morgan fingerprint density at radius 1 is 1.48 bits per heavy atom. The Labute approximate surface area is 124 Å². The Kier molecular flexibility index (Phi) is 3.76. The fourth-order valence-electron chi connectivity index (χ4n) is 3.02. The van der Waals surface area contributed by atoms with Crippen molar-refractivity contribution in [1.29, 1.82) is 5.26 Å². The van der Waals surface area contributed by atoms with Gasteiger partial charge in [-0.15, -0.1) is 0 Å². The molecule has 0 spiro atoms. The molecule has 2 N–H and O–H groups in total. The third-order valence-corrected chi connectivity index (χ3v) is 4.07. The predicted molar refractivity (Wildman–Crippen MR) is 78.6 cm³/mol. The van der Waals surface area contributed by atoms with Crippen LogP contribution in [0.25, 0.3) is 0 Å². The molecule has 1 aliphatic heterocycles. The molecule has 21 heavy (non-hydrogen) atoms. The van der Waals surface area contributed by atoms with Gasteiger partial charge in [0.15, 0.2) is 5.82 Å². The van der Waals surface area contributed by atoms with E-state index in [1.54, 1.807) is 0 Å². The van der Waals surface area contributed by atoms with E-state index in [2.05, 4.69) is 31.1 Å². The van der Waals surface area contributed by atoms with E-state index in [4.69, 9.17) is 5.26 Å². The van der Waals surface area contributed by atoms with Gasteiger partial charge in [-0.25, -0.2) is 4.98 Å². The third-order valence-electron chi connectivity index (χ3n) is 4.07. The molecule has 0 radical (unpaired) electrons. The smallest absolute Gasteiger partial charge is 0.155 e. The highest BCUT2D eigenvalue weighted by molar-refractivity contribution is 5.35. The van der Waals surface area contributed by atoms with Crippen LogP contribution in [0.5, 0.6) is 0 Å². The first-order chi connectivity index (χ1) is 10.2. The molecule has 0 saturated carbocycles. The average molecular weight is 284 g/mol. The second-order valence-electron chi connectivity index (χ2n) is 5.80. The summed E-state index contributed by atoms with van der Waals surface area (Å²) >= 11 is 0. The van der Waals surface area contributed by atoms with Gasteiger partial charge in [0.2, 0.25) is 0 Å². The maximum absolute atomic E-state index is 9.03. The normalized spacial score (nSPS) is 19.6. The summed E-state index contributed by atoms with van der Waals surface area (Å²) in [5.74, 6) is 2.20. The summed E-state index contributed by atoms with van der Waals surface area (Å²) in [6.45, 7) is 6.78. The van der Waals surface area contributed by atoms with E-state index in [1.807, 2.05) is 19.9 Å². The van der Waals surface area contributed by atoms with Crippen molar-refractivity contribution in [3.05, 3.63) is 34.7 Å². The molecular formula is C15H20N6. The van der Waals surface area contributed by atoms with Gasteiger partial charge in [0.25, 0.3) is 0 Å². The summed E-state index contributed by atoms with van der Waals surface area (Å²) in [5, 5.41) is 16.3. The Morgan fingerprint density at radius 2 is 2.33 bits per heavy atom. The van der Waals surface area contributed by atoms with Crippen molar-refractivity contribution in [2.24, 2.45) is 0 Å². The summed E-state index contributed by atoms with van der Waals surface area (Å²) < 4.78 is 0. The van der Waals surface area contributed by atoms with Crippen LogP contribution in [0.15, 0.2) is 6.07 Å². The average Bonchev–Trinajstić information content (AvgIpc) is 3.05. The summed E-state index contributed by atoms with van der Waals surface area (Å²) in [5.41, 5.74) is 2.80. The van der Waals surface area contributed by atoms with Crippen LogP contribution in [0.2, 0.25) is 0 Å². The Hall–Kier alpha value is -2.13. The Bertz CT molecular complexity index is 662. The van der Waals surface area contributed by atoms with Crippen molar-refractivity contribution in [2.75, 3.05) is 13.1 Å². The number of rotatable bonds is 3. The Morgan fingerprint density at radius 3 is 3.00 bits per heavy atom. The molecule has 1 atom stereocenters.